The Kier molecular flexibility index (Phi) is 6.87. The van der Waals surface area contributed by atoms with Gasteiger partial charge in [-0.3, -0.25) is 4.79 Å². The van der Waals surface area contributed by atoms with Crippen molar-refractivity contribution in [1.82, 2.24) is 4.72 Å². The summed E-state index contributed by atoms with van der Waals surface area (Å²) in [5.41, 5.74) is -4.43. The van der Waals surface area contributed by atoms with Gasteiger partial charge >= 0.3 is 12.1 Å². The zero-order valence-corrected chi connectivity index (χ0v) is 17.0. The van der Waals surface area contributed by atoms with Crippen LogP contribution in [0.15, 0.2) is 24.3 Å². The Morgan fingerprint density at radius 3 is 1.89 bits per heavy atom. The largest absolute Gasteiger partial charge is 0.460 e. The summed E-state index contributed by atoms with van der Waals surface area (Å²) in [7, 11) is -2.17. The molecule has 1 aromatic rings. The number of rotatable bonds is 5. The van der Waals surface area contributed by atoms with Gasteiger partial charge in [-0.1, -0.05) is 12.1 Å². The molecule has 0 fully saturated rings. The van der Waals surface area contributed by atoms with Crippen LogP contribution in [-0.4, -0.2) is 26.7 Å². The quantitative estimate of drug-likeness (QED) is 0.578. The van der Waals surface area contributed by atoms with Crippen LogP contribution in [0.3, 0.4) is 0 Å². The van der Waals surface area contributed by atoms with Crippen molar-refractivity contribution in [3.8, 4) is 0 Å². The summed E-state index contributed by atoms with van der Waals surface area (Å²) >= 11 is 0. The summed E-state index contributed by atoms with van der Waals surface area (Å²) in [4.78, 5) is 12.3. The first kappa shape index (κ1) is 23.6. The standard InChI is InChI=1S/C18H25F4NO3S/c1-15(2,3)26-14(24)11-17(18(20,21)22,23-27(25)16(4,5)6)12-7-9-13(19)10-8-12/h7-10,23H,11H2,1-6H3/t17-,27+/m1/s1. The molecular weight excluding hydrogens is 386 g/mol. The van der Waals surface area contributed by atoms with Crippen molar-refractivity contribution in [3.05, 3.63) is 35.6 Å². The van der Waals surface area contributed by atoms with Crippen LogP contribution in [0.4, 0.5) is 17.6 Å². The first-order valence-electron chi connectivity index (χ1n) is 8.22. The molecule has 4 nitrogen and oxygen atoms in total. The second-order valence-corrected chi connectivity index (χ2v) is 10.1. The highest BCUT2D eigenvalue weighted by Gasteiger charge is 2.59. The lowest BCUT2D eigenvalue weighted by Gasteiger charge is -2.38. The zero-order chi connectivity index (χ0) is 21.3. The van der Waals surface area contributed by atoms with Gasteiger partial charge in [-0.15, -0.1) is 0 Å². The second-order valence-electron chi connectivity index (χ2n) is 8.16. The Bertz CT molecular complexity index is 691. The molecule has 0 unspecified atom stereocenters. The lowest BCUT2D eigenvalue weighted by Crippen LogP contribution is -2.58. The van der Waals surface area contributed by atoms with Gasteiger partial charge in [-0.05, 0) is 59.2 Å². The van der Waals surface area contributed by atoms with E-state index in [1.807, 2.05) is 0 Å². The fraction of sp³-hybridized carbons (Fsp3) is 0.611. The molecule has 0 amide bonds. The van der Waals surface area contributed by atoms with Crippen LogP contribution in [0.5, 0.6) is 0 Å². The molecule has 1 N–H and O–H groups in total. The first-order chi connectivity index (χ1) is 12.0. The molecule has 0 aliphatic carbocycles. The minimum atomic E-state index is -5.01. The number of ether oxygens (including phenoxy) is 1. The van der Waals surface area contributed by atoms with Gasteiger partial charge in [-0.25, -0.2) is 13.3 Å². The predicted octanol–water partition coefficient (Wildman–Crippen LogP) is 4.37. The molecule has 0 bridgehead atoms. The van der Waals surface area contributed by atoms with Crippen LogP contribution in [0.2, 0.25) is 0 Å². The molecule has 9 heteroatoms. The molecular formula is C18H25F4NO3S. The third kappa shape index (κ3) is 6.27. The van der Waals surface area contributed by atoms with E-state index < -0.39 is 56.8 Å². The molecule has 0 aliphatic rings. The Hall–Kier alpha value is -1.48. The van der Waals surface area contributed by atoms with Gasteiger partial charge in [0.2, 0.25) is 0 Å². The van der Waals surface area contributed by atoms with E-state index in [1.165, 1.54) is 41.5 Å². The summed E-state index contributed by atoms with van der Waals surface area (Å²) in [5.74, 6) is -1.86. The van der Waals surface area contributed by atoms with Crippen molar-refractivity contribution in [3.63, 3.8) is 0 Å². The summed E-state index contributed by atoms with van der Waals surface area (Å²) in [6.45, 7) is 9.07. The third-order valence-corrected chi connectivity index (χ3v) is 5.12. The smallest absolute Gasteiger partial charge is 0.412 e. The van der Waals surface area contributed by atoms with Gasteiger partial charge in [0.05, 0.1) is 22.2 Å². The topological polar surface area (TPSA) is 55.4 Å². The SMILES string of the molecule is CC(C)(C)OC(=O)C[C@@](N[S@@](=O)C(C)(C)C)(c1ccc(F)cc1)C(F)(F)F. The summed E-state index contributed by atoms with van der Waals surface area (Å²) in [6, 6.07) is 3.54. The highest BCUT2D eigenvalue weighted by atomic mass is 32.2. The monoisotopic (exact) mass is 411 g/mol. The molecule has 0 aromatic heterocycles. The highest BCUT2D eigenvalue weighted by Crippen LogP contribution is 2.43. The Balaban J connectivity index is 3.52. The molecule has 0 heterocycles. The highest BCUT2D eigenvalue weighted by molar-refractivity contribution is 7.84. The number of carbonyl (C=O) groups excluding carboxylic acids is 1. The van der Waals surface area contributed by atoms with Crippen molar-refractivity contribution < 1.29 is 31.3 Å². The molecule has 0 aliphatic heterocycles. The lowest BCUT2D eigenvalue weighted by molar-refractivity contribution is -0.205. The van der Waals surface area contributed by atoms with Crippen LogP contribution >= 0.6 is 0 Å². The van der Waals surface area contributed by atoms with E-state index in [0.29, 0.717) is 0 Å². The number of hydrogen-bond donors (Lipinski definition) is 1. The molecule has 2 atom stereocenters. The van der Waals surface area contributed by atoms with Gasteiger partial charge in [-0.2, -0.15) is 13.2 Å². The van der Waals surface area contributed by atoms with E-state index >= 15 is 0 Å². The van der Waals surface area contributed by atoms with E-state index in [1.54, 1.807) is 0 Å². The Morgan fingerprint density at radius 1 is 1.04 bits per heavy atom. The zero-order valence-electron chi connectivity index (χ0n) is 16.2. The maximum Gasteiger partial charge on any atom is 0.412 e. The van der Waals surface area contributed by atoms with Crippen LogP contribution in [0.25, 0.3) is 0 Å². The molecule has 1 rings (SSSR count). The Labute approximate surface area is 159 Å². The van der Waals surface area contributed by atoms with Crippen LogP contribution in [-0.2, 0) is 26.1 Å². The van der Waals surface area contributed by atoms with Crippen LogP contribution in [0.1, 0.15) is 53.5 Å². The summed E-state index contributed by atoms with van der Waals surface area (Å²) in [5, 5.41) is 0. The number of hydrogen-bond acceptors (Lipinski definition) is 3. The molecule has 0 saturated carbocycles. The van der Waals surface area contributed by atoms with E-state index in [9.17, 15) is 26.6 Å². The van der Waals surface area contributed by atoms with Crippen LogP contribution < -0.4 is 4.72 Å². The number of nitrogens with one attached hydrogen (secondary N) is 1. The van der Waals surface area contributed by atoms with E-state index in [-0.39, 0.29) is 0 Å². The second kappa shape index (κ2) is 7.87. The summed E-state index contributed by atoms with van der Waals surface area (Å²) < 4.78 is 74.5. The van der Waals surface area contributed by atoms with Gasteiger partial charge < -0.3 is 4.74 Å². The van der Waals surface area contributed by atoms with Gasteiger partial charge in [0, 0.05) is 0 Å². The fourth-order valence-electron chi connectivity index (χ4n) is 2.16. The van der Waals surface area contributed by atoms with Gasteiger partial charge in [0.1, 0.15) is 11.4 Å². The minimum absolute atomic E-state index is 0.431. The molecule has 27 heavy (non-hydrogen) atoms. The van der Waals surface area contributed by atoms with Crippen molar-refractivity contribution in [2.75, 3.05) is 0 Å². The third-order valence-electron chi connectivity index (χ3n) is 3.47. The van der Waals surface area contributed by atoms with Crippen molar-refractivity contribution >= 4 is 17.0 Å². The first-order valence-corrected chi connectivity index (χ1v) is 9.37. The molecule has 0 saturated heterocycles. The van der Waals surface area contributed by atoms with Crippen molar-refractivity contribution in [2.45, 2.75) is 70.0 Å². The average Bonchev–Trinajstić information content (AvgIpc) is 2.42. The number of carbonyl (C=O) groups is 1. The normalized spacial score (nSPS) is 16.5. The molecule has 1 aromatic carbocycles. The Morgan fingerprint density at radius 2 is 1.52 bits per heavy atom. The average molecular weight is 411 g/mol. The predicted molar refractivity (Wildman–Crippen MR) is 95.6 cm³/mol. The van der Waals surface area contributed by atoms with Crippen molar-refractivity contribution in [2.24, 2.45) is 0 Å². The van der Waals surface area contributed by atoms with Crippen LogP contribution in [0, 0.1) is 5.82 Å². The minimum Gasteiger partial charge on any atom is -0.460 e. The molecule has 154 valence electrons. The van der Waals surface area contributed by atoms with E-state index in [0.717, 1.165) is 24.3 Å². The van der Waals surface area contributed by atoms with E-state index in [2.05, 4.69) is 4.72 Å². The maximum absolute atomic E-state index is 14.2. The summed E-state index contributed by atoms with van der Waals surface area (Å²) in [6.07, 6.45) is -6.16. The van der Waals surface area contributed by atoms with Gasteiger partial charge in [0.25, 0.3) is 0 Å². The number of benzene rings is 1. The lowest BCUT2D eigenvalue weighted by atomic mass is 9.86. The number of halogens is 4. The number of esters is 1. The van der Waals surface area contributed by atoms with Crippen molar-refractivity contribution in [1.29, 1.82) is 0 Å². The fourth-order valence-corrected chi connectivity index (χ4v) is 3.09. The molecule has 0 radical (unpaired) electrons. The van der Waals surface area contributed by atoms with E-state index in [4.69, 9.17) is 4.74 Å². The molecule has 0 spiro atoms. The number of alkyl halides is 3. The maximum atomic E-state index is 14.2. The van der Waals surface area contributed by atoms with Gasteiger partial charge in [0.15, 0.2) is 5.54 Å².